The Morgan fingerprint density at radius 1 is 1.42 bits per heavy atom. The molecular formula is C16H24Cl2N4OS. The van der Waals surface area contributed by atoms with Gasteiger partial charge in [0.05, 0.1) is 5.56 Å². The number of hydrogen-bond acceptors (Lipinski definition) is 4. The first-order valence-corrected chi connectivity index (χ1v) is 8.56. The van der Waals surface area contributed by atoms with Crippen LogP contribution < -0.4 is 10.6 Å². The van der Waals surface area contributed by atoms with Crippen molar-refractivity contribution >= 4 is 42.1 Å². The van der Waals surface area contributed by atoms with Gasteiger partial charge in [0, 0.05) is 29.0 Å². The maximum absolute atomic E-state index is 12.7. The standard InChI is InChI=1S/C16H22N4OS.2ClH/c1-10-9-17-5-4-14(10)19-15(21)13-8-11(2)20(12(13)3)16-18-6-7-22-16;;/h6-8,10,14,17H,4-5,9H2,1-3H3,(H,19,21);2*1H. The molecule has 5 nitrogen and oxygen atoms in total. The molecule has 0 saturated carbocycles. The predicted octanol–water partition coefficient (Wildman–Crippen LogP) is 3.12. The number of aryl methyl sites for hydroxylation is 1. The van der Waals surface area contributed by atoms with E-state index in [1.807, 2.05) is 29.9 Å². The summed E-state index contributed by atoms with van der Waals surface area (Å²) in [4.78, 5) is 17.0. The molecule has 2 aromatic heterocycles. The summed E-state index contributed by atoms with van der Waals surface area (Å²) in [5, 5.41) is 9.42. The van der Waals surface area contributed by atoms with E-state index in [-0.39, 0.29) is 36.8 Å². The van der Waals surface area contributed by atoms with Gasteiger partial charge in [0.1, 0.15) is 0 Å². The number of amides is 1. The van der Waals surface area contributed by atoms with Gasteiger partial charge in [-0.15, -0.1) is 36.2 Å². The smallest absolute Gasteiger partial charge is 0.253 e. The average molecular weight is 391 g/mol. The monoisotopic (exact) mass is 390 g/mol. The van der Waals surface area contributed by atoms with Crippen molar-refractivity contribution < 1.29 is 4.79 Å². The Morgan fingerprint density at radius 2 is 2.17 bits per heavy atom. The number of piperidine rings is 1. The number of carbonyl (C=O) groups excluding carboxylic acids is 1. The number of carbonyl (C=O) groups is 1. The second-order valence-corrected chi connectivity index (χ2v) is 6.86. The van der Waals surface area contributed by atoms with Crippen molar-refractivity contribution in [3.05, 3.63) is 34.6 Å². The minimum absolute atomic E-state index is 0. The van der Waals surface area contributed by atoms with E-state index in [0.717, 1.165) is 41.6 Å². The van der Waals surface area contributed by atoms with Crippen molar-refractivity contribution in [3.8, 4) is 5.13 Å². The van der Waals surface area contributed by atoms with Gasteiger partial charge in [0.15, 0.2) is 5.13 Å². The van der Waals surface area contributed by atoms with E-state index in [4.69, 9.17) is 0 Å². The molecule has 2 N–H and O–H groups in total. The van der Waals surface area contributed by atoms with E-state index in [1.165, 1.54) is 0 Å². The van der Waals surface area contributed by atoms with Crippen LogP contribution in [0.5, 0.6) is 0 Å². The Morgan fingerprint density at radius 3 is 2.79 bits per heavy atom. The fourth-order valence-electron chi connectivity index (χ4n) is 3.09. The van der Waals surface area contributed by atoms with Gasteiger partial charge in [-0.1, -0.05) is 6.92 Å². The van der Waals surface area contributed by atoms with Gasteiger partial charge >= 0.3 is 0 Å². The molecular weight excluding hydrogens is 367 g/mol. The highest BCUT2D eigenvalue weighted by Crippen LogP contribution is 2.22. The average Bonchev–Trinajstić information content (AvgIpc) is 3.09. The summed E-state index contributed by atoms with van der Waals surface area (Å²) < 4.78 is 2.05. The third-order valence-corrected chi connectivity index (χ3v) is 5.14. The predicted molar refractivity (Wildman–Crippen MR) is 103 cm³/mol. The van der Waals surface area contributed by atoms with E-state index < -0.39 is 0 Å². The van der Waals surface area contributed by atoms with E-state index in [9.17, 15) is 4.79 Å². The van der Waals surface area contributed by atoms with Crippen LogP contribution in [0.4, 0.5) is 0 Å². The molecule has 2 atom stereocenters. The van der Waals surface area contributed by atoms with Crippen LogP contribution in [-0.2, 0) is 0 Å². The van der Waals surface area contributed by atoms with Crippen LogP contribution in [0.2, 0.25) is 0 Å². The topological polar surface area (TPSA) is 59.0 Å². The summed E-state index contributed by atoms with van der Waals surface area (Å²) in [5.41, 5.74) is 2.74. The minimum Gasteiger partial charge on any atom is -0.349 e. The zero-order valence-electron chi connectivity index (χ0n) is 14.0. The summed E-state index contributed by atoms with van der Waals surface area (Å²) in [6.07, 6.45) is 2.77. The second-order valence-electron chi connectivity index (χ2n) is 5.98. The van der Waals surface area contributed by atoms with Crippen LogP contribution in [0.25, 0.3) is 5.13 Å². The van der Waals surface area contributed by atoms with Gasteiger partial charge < -0.3 is 10.6 Å². The van der Waals surface area contributed by atoms with E-state index in [1.54, 1.807) is 17.5 Å². The summed E-state index contributed by atoms with van der Waals surface area (Å²) in [6.45, 7) is 8.10. The molecule has 2 aromatic rings. The van der Waals surface area contributed by atoms with Crippen LogP contribution in [-0.4, -0.2) is 34.6 Å². The molecule has 0 aromatic carbocycles. The molecule has 1 aliphatic rings. The van der Waals surface area contributed by atoms with Crippen LogP contribution >= 0.6 is 36.2 Å². The Balaban J connectivity index is 0.00000144. The molecule has 3 rings (SSSR count). The highest BCUT2D eigenvalue weighted by molar-refractivity contribution is 7.12. The minimum atomic E-state index is 0. The number of nitrogens with one attached hydrogen (secondary N) is 2. The van der Waals surface area contributed by atoms with Gasteiger partial charge in [0.25, 0.3) is 5.91 Å². The molecule has 0 bridgehead atoms. The van der Waals surface area contributed by atoms with Crippen LogP contribution in [0.15, 0.2) is 17.6 Å². The molecule has 0 spiro atoms. The van der Waals surface area contributed by atoms with Crippen molar-refractivity contribution in [2.75, 3.05) is 13.1 Å². The first-order valence-electron chi connectivity index (χ1n) is 7.68. The molecule has 1 fully saturated rings. The lowest BCUT2D eigenvalue weighted by Gasteiger charge is -2.30. The summed E-state index contributed by atoms with van der Waals surface area (Å²) in [5.74, 6) is 0.481. The van der Waals surface area contributed by atoms with Crippen LogP contribution in [0.1, 0.15) is 35.1 Å². The molecule has 2 unspecified atom stereocenters. The van der Waals surface area contributed by atoms with E-state index >= 15 is 0 Å². The van der Waals surface area contributed by atoms with E-state index in [0.29, 0.717) is 5.92 Å². The zero-order valence-corrected chi connectivity index (χ0v) is 16.5. The third kappa shape index (κ3) is 4.11. The van der Waals surface area contributed by atoms with Gasteiger partial charge in [-0.2, -0.15) is 0 Å². The maximum Gasteiger partial charge on any atom is 0.253 e. The van der Waals surface area contributed by atoms with Crippen molar-refractivity contribution in [2.24, 2.45) is 5.92 Å². The normalized spacial score (nSPS) is 20.0. The Hall–Kier alpha value is -1.08. The lowest BCUT2D eigenvalue weighted by Crippen LogP contribution is -2.48. The third-order valence-electron chi connectivity index (χ3n) is 4.39. The van der Waals surface area contributed by atoms with Crippen molar-refractivity contribution in [1.29, 1.82) is 0 Å². The molecule has 1 amide bonds. The molecule has 24 heavy (non-hydrogen) atoms. The second kappa shape index (κ2) is 8.85. The molecule has 134 valence electrons. The highest BCUT2D eigenvalue weighted by Gasteiger charge is 2.25. The van der Waals surface area contributed by atoms with Gasteiger partial charge in [-0.25, -0.2) is 4.98 Å². The van der Waals surface area contributed by atoms with Crippen molar-refractivity contribution in [3.63, 3.8) is 0 Å². The summed E-state index contributed by atoms with van der Waals surface area (Å²) >= 11 is 1.58. The first-order chi connectivity index (χ1) is 10.6. The Bertz CT molecular complexity index is 672. The van der Waals surface area contributed by atoms with Gasteiger partial charge in [-0.3, -0.25) is 9.36 Å². The van der Waals surface area contributed by atoms with Crippen molar-refractivity contribution in [1.82, 2.24) is 20.2 Å². The molecule has 1 saturated heterocycles. The fraction of sp³-hybridized carbons (Fsp3) is 0.500. The zero-order chi connectivity index (χ0) is 15.7. The molecule has 1 aliphatic heterocycles. The Labute approximate surface area is 159 Å². The van der Waals surface area contributed by atoms with Crippen LogP contribution in [0.3, 0.4) is 0 Å². The largest absolute Gasteiger partial charge is 0.349 e. The SMILES string of the molecule is Cc1cc(C(=O)NC2CCNCC2C)c(C)n1-c1nccs1.Cl.Cl. The number of nitrogens with zero attached hydrogens (tertiary/aromatic N) is 2. The number of thiazole rings is 1. The van der Waals surface area contributed by atoms with Gasteiger partial charge in [-0.05, 0) is 45.3 Å². The van der Waals surface area contributed by atoms with Crippen molar-refractivity contribution in [2.45, 2.75) is 33.2 Å². The molecule has 0 aliphatic carbocycles. The summed E-state index contributed by atoms with van der Waals surface area (Å²) in [6, 6.07) is 2.20. The number of rotatable bonds is 3. The highest BCUT2D eigenvalue weighted by atomic mass is 35.5. The lowest BCUT2D eigenvalue weighted by molar-refractivity contribution is 0.0913. The molecule has 8 heteroatoms. The van der Waals surface area contributed by atoms with Gasteiger partial charge in [0.2, 0.25) is 0 Å². The molecule has 3 heterocycles. The summed E-state index contributed by atoms with van der Waals surface area (Å²) in [7, 11) is 0. The fourth-order valence-corrected chi connectivity index (χ4v) is 3.84. The molecule has 0 radical (unpaired) electrons. The number of hydrogen-bond donors (Lipinski definition) is 2. The number of halogens is 2. The number of aromatic nitrogens is 2. The first kappa shape index (κ1) is 21.0. The maximum atomic E-state index is 12.7. The lowest BCUT2D eigenvalue weighted by atomic mass is 9.95. The van der Waals surface area contributed by atoms with E-state index in [2.05, 4.69) is 22.5 Å². The Kier molecular flexibility index (Phi) is 7.73. The quantitative estimate of drug-likeness (QED) is 0.845. The van der Waals surface area contributed by atoms with Crippen LogP contribution in [0, 0.1) is 19.8 Å².